The normalized spacial score (nSPS) is 20.7. The maximum Gasteiger partial charge on any atom is 0.0516 e. The van der Waals surface area contributed by atoms with Crippen LogP contribution < -0.4 is 16.2 Å². The van der Waals surface area contributed by atoms with E-state index in [9.17, 15) is 0 Å². The average Bonchev–Trinajstić information content (AvgIpc) is 2.89. The van der Waals surface area contributed by atoms with Crippen LogP contribution in [0.2, 0.25) is 0 Å². The van der Waals surface area contributed by atoms with Gasteiger partial charge in [-0.3, -0.25) is 20.8 Å². The van der Waals surface area contributed by atoms with Gasteiger partial charge in [0.25, 0.3) is 0 Å². The first-order chi connectivity index (χ1) is 12.8. The van der Waals surface area contributed by atoms with Crippen LogP contribution in [0.15, 0.2) is 4.99 Å². The Morgan fingerprint density at radius 3 is 2.69 bits per heavy atom. The number of ether oxygens (including phenoxy) is 1. The first kappa shape index (κ1) is 19.3. The second-order valence-corrected chi connectivity index (χ2v) is 7.14. The Bertz CT molecular complexity index is 625. The maximum absolute atomic E-state index is 5.54. The Morgan fingerprint density at radius 2 is 2.00 bits per heavy atom. The van der Waals surface area contributed by atoms with Gasteiger partial charge in [-0.15, -0.1) is 0 Å². The van der Waals surface area contributed by atoms with Crippen LogP contribution in [0.4, 0.5) is 5.69 Å². The van der Waals surface area contributed by atoms with Crippen LogP contribution in [0.5, 0.6) is 0 Å². The highest BCUT2D eigenvalue weighted by molar-refractivity contribution is 5.91. The summed E-state index contributed by atoms with van der Waals surface area (Å²) in [6, 6.07) is 0.857. The smallest absolute Gasteiger partial charge is 0.0516 e. The molecule has 2 aliphatic heterocycles. The lowest BCUT2D eigenvalue weighted by molar-refractivity contribution is 0.0904. The van der Waals surface area contributed by atoms with Gasteiger partial charge in [-0.2, -0.15) is 0 Å². The van der Waals surface area contributed by atoms with Crippen LogP contribution in [0.25, 0.3) is 0 Å². The van der Waals surface area contributed by atoms with Crippen molar-refractivity contribution in [1.29, 1.82) is 0 Å². The highest BCUT2D eigenvalue weighted by atomic mass is 16.5. The quantitative estimate of drug-likeness (QED) is 0.653. The zero-order valence-electron chi connectivity index (χ0n) is 16.4. The van der Waals surface area contributed by atoms with Gasteiger partial charge < -0.3 is 10.1 Å². The summed E-state index contributed by atoms with van der Waals surface area (Å²) in [5, 5.41) is 3.84. The number of aromatic nitrogens is 1. The molecule has 26 heavy (non-hydrogen) atoms. The molecule has 0 aromatic carbocycles. The lowest BCUT2D eigenvalue weighted by atomic mass is 9.98. The second kappa shape index (κ2) is 9.44. The highest BCUT2D eigenvalue weighted by Gasteiger charge is 2.23. The van der Waals surface area contributed by atoms with Crippen LogP contribution in [-0.4, -0.2) is 43.5 Å². The van der Waals surface area contributed by atoms with Crippen LogP contribution in [0.1, 0.15) is 62.0 Å². The predicted octanol–water partition coefficient (Wildman–Crippen LogP) is 2.60. The summed E-state index contributed by atoms with van der Waals surface area (Å²) in [7, 11) is 1.90. The fraction of sp³-hybridized carbons (Fsp3) is 0.700. The first-order valence-electron chi connectivity index (χ1n) is 10.1. The topological polar surface area (TPSA) is 70.6 Å². The molecule has 0 aliphatic carbocycles. The number of rotatable bonds is 7. The number of anilines is 1. The molecule has 3 rings (SSSR count). The van der Waals surface area contributed by atoms with Crippen molar-refractivity contribution < 1.29 is 4.74 Å². The molecule has 1 aromatic heterocycles. The van der Waals surface area contributed by atoms with Crippen molar-refractivity contribution in [3.05, 3.63) is 22.5 Å². The number of nitrogens with one attached hydrogen (secondary N) is 3. The molecule has 6 heteroatoms. The van der Waals surface area contributed by atoms with Crippen molar-refractivity contribution in [3.63, 3.8) is 0 Å². The Kier molecular flexibility index (Phi) is 7.00. The fourth-order valence-electron chi connectivity index (χ4n) is 3.81. The number of pyridine rings is 1. The third-order valence-corrected chi connectivity index (χ3v) is 5.45. The summed E-state index contributed by atoms with van der Waals surface area (Å²) in [5.74, 6) is 0. The molecule has 0 radical (unpaired) electrons. The highest BCUT2D eigenvalue weighted by Crippen LogP contribution is 2.30. The zero-order valence-corrected chi connectivity index (χ0v) is 16.4. The molecule has 0 amide bonds. The maximum atomic E-state index is 5.54. The van der Waals surface area contributed by atoms with E-state index in [4.69, 9.17) is 14.7 Å². The van der Waals surface area contributed by atoms with Gasteiger partial charge in [0.05, 0.1) is 17.4 Å². The van der Waals surface area contributed by atoms with E-state index in [0.717, 1.165) is 58.3 Å². The summed E-state index contributed by atoms with van der Waals surface area (Å²) in [4.78, 5) is 9.89. The van der Waals surface area contributed by atoms with Gasteiger partial charge in [-0.25, -0.2) is 0 Å². The molecule has 2 aliphatic rings. The number of hydrazine groups is 1. The van der Waals surface area contributed by atoms with Crippen molar-refractivity contribution in [1.82, 2.24) is 15.8 Å². The molecule has 1 fully saturated rings. The van der Waals surface area contributed by atoms with Crippen molar-refractivity contribution in [2.75, 3.05) is 25.6 Å². The number of hydrogen-bond donors (Lipinski definition) is 3. The number of aryl methyl sites for hydroxylation is 2. The number of hydrogen-bond acceptors (Lipinski definition) is 6. The van der Waals surface area contributed by atoms with Gasteiger partial charge in [0.15, 0.2) is 0 Å². The molecule has 1 unspecified atom stereocenters. The Morgan fingerprint density at radius 1 is 1.19 bits per heavy atom. The van der Waals surface area contributed by atoms with E-state index >= 15 is 0 Å². The molecule has 1 atom stereocenters. The summed E-state index contributed by atoms with van der Waals surface area (Å²) in [5.41, 5.74) is 12.4. The largest absolute Gasteiger partial charge is 0.381 e. The van der Waals surface area contributed by atoms with E-state index in [-0.39, 0.29) is 0 Å². The predicted molar refractivity (Wildman–Crippen MR) is 107 cm³/mol. The van der Waals surface area contributed by atoms with Crippen molar-refractivity contribution in [2.24, 2.45) is 4.99 Å². The number of nitrogens with zero attached hydrogens (tertiary/aromatic N) is 2. The Labute approximate surface area is 157 Å². The van der Waals surface area contributed by atoms with Gasteiger partial charge in [0.2, 0.25) is 0 Å². The van der Waals surface area contributed by atoms with Gasteiger partial charge >= 0.3 is 0 Å². The van der Waals surface area contributed by atoms with Crippen LogP contribution in [-0.2, 0) is 24.1 Å². The van der Waals surface area contributed by atoms with Crippen molar-refractivity contribution in [3.8, 4) is 0 Å². The van der Waals surface area contributed by atoms with Gasteiger partial charge in [-0.05, 0) is 45.6 Å². The van der Waals surface area contributed by atoms with Gasteiger partial charge in [0, 0.05) is 48.8 Å². The van der Waals surface area contributed by atoms with Gasteiger partial charge in [-0.1, -0.05) is 13.8 Å². The Hall–Kier alpha value is -1.50. The first-order valence-corrected chi connectivity index (χ1v) is 10.1. The zero-order chi connectivity index (χ0) is 18.4. The third kappa shape index (κ3) is 4.42. The molecule has 144 valence electrons. The minimum atomic E-state index is 0.407. The summed E-state index contributed by atoms with van der Waals surface area (Å²) in [6.07, 6.45) is 8.28. The lowest BCUT2D eigenvalue weighted by Gasteiger charge is -2.28. The van der Waals surface area contributed by atoms with E-state index in [1.54, 1.807) is 0 Å². The number of aliphatic imine (C=N–C) groups is 1. The van der Waals surface area contributed by atoms with Crippen LogP contribution >= 0.6 is 0 Å². The van der Waals surface area contributed by atoms with Crippen LogP contribution in [0.3, 0.4) is 0 Å². The molecular weight excluding hydrogens is 326 g/mol. The lowest BCUT2D eigenvalue weighted by Crippen LogP contribution is -2.32. The van der Waals surface area contributed by atoms with E-state index in [1.807, 2.05) is 7.05 Å². The van der Waals surface area contributed by atoms with Crippen molar-refractivity contribution >= 4 is 11.9 Å². The third-order valence-electron chi connectivity index (χ3n) is 5.45. The molecule has 3 heterocycles. The minimum absolute atomic E-state index is 0.407. The molecular formula is C20H33N5O. The van der Waals surface area contributed by atoms with Gasteiger partial charge in [0.1, 0.15) is 0 Å². The van der Waals surface area contributed by atoms with Crippen LogP contribution in [0, 0.1) is 0 Å². The van der Waals surface area contributed by atoms with E-state index < -0.39 is 0 Å². The molecule has 6 nitrogen and oxygen atoms in total. The van der Waals surface area contributed by atoms with E-state index in [0.29, 0.717) is 12.1 Å². The second-order valence-electron chi connectivity index (χ2n) is 7.14. The van der Waals surface area contributed by atoms with E-state index in [2.05, 4.69) is 36.2 Å². The molecule has 0 spiro atoms. The molecule has 0 bridgehead atoms. The molecule has 0 saturated carbocycles. The molecule has 1 saturated heterocycles. The SMILES string of the molecule is CCc1nc2c(c(NC3CCOCC3)c1CNNC)C=NC(CC)CC2. The Balaban J connectivity index is 2.02. The molecule has 3 N–H and O–H groups in total. The standard InChI is InChI=1S/C20H33N5O/c1-4-14-6-7-19-16(12-22-14)20(24-15-8-10-26-11-9-15)17(13-23-21-3)18(5-2)25-19/h12,14-15,21,23H,4-11,13H2,1-3H3,(H,24,25). The van der Waals surface area contributed by atoms with Crippen molar-refractivity contribution in [2.45, 2.75) is 71.0 Å². The average molecular weight is 360 g/mol. The fourth-order valence-corrected chi connectivity index (χ4v) is 3.81. The monoisotopic (exact) mass is 359 g/mol. The molecule has 1 aromatic rings. The summed E-state index contributed by atoms with van der Waals surface area (Å²) >= 11 is 0. The number of fused-ring (bicyclic) bond motifs is 1. The van der Waals surface area contributed by atoms with E-state index in [1.165, 1.54) is 28.2 Å². The minimum Gasteiger partial charge on any atom is -0.381 e. The summed E-state index contributed by atoms with van der Waals surface area (Å²) < 4.78 is 5.54. The summed E-state index contributed by atoms with van der Waals surface area (Å²) in [6.45, 7) is 6.82.